The Balaban J connectivity index is 1.75. The van der Waals surface area contributed by atoms with Crippen LogP contribution >= 0.6 is 0 Å². The van der Waals surface area contributed by atoms with E-state index in [2.05, 4.69) is 36.2 Å². The molecule has 0 bridgehead atoms. The average Bonchev–Trinajstić information content (AvgIpc) is 3.22. The quantitative estimate of drug-likeness (QED) is 0.249. The lowest BCUT2D eigenvalue weighted by atomic mass is 9.89. The van der Waals surface area contributed by atoms with Gasteiger partial charge in [-0.25, -0.2) is 0 Å². The Morgan fingerprint density at radius 2 is 2.00 bits per heavy atom. The minimum atomic E-state index is -0.482. The lowest BCUT2D eigenvalue weighted by Crippen LogP contribution is -2.19. The van der Waals surface area contributed by atoms with Crippen molar-refractivity contribution in [2.75, 3.05) is 13.1 Å². The van der Waals surface area contributed by atoms with Crippen molar-refractivity contribution in [3.05, 3.63) is 23.8 Å². The van der Waals surface area contributed by atoms with Crippen LogP contribution in [0.2, 0.25) is 0 Å². The topological polar surface area (TPSA) is 52.5 Å². The molecule has 3 nitrogen and oxygen atoms in total. The lowest BCUT2D eigenvalue weighted by molar-refractivity contribution is 0.137. The van der Waals surface area contributed by atoms with Gasteiger partial charge < -0.3 is 15.5 Å². The molecule has 0 heterocycles. The van der Waals surface area contributed by atoms with E-state index < -0.39 is 6.10 Å². The molecule has 2 rings (SSSR count). The minimum Gasteiger partial charge on any atom is -0.392 e. The predicted molar refractivity (Wildman–Crippen MR) is 122 cm³/mol. The third-order valence-corrected chi connectivity index (χ3v) is 6.77. The lowest BCUT2D eigenvalue weighted by Gasteiger charge is -2.19. The van der Waals surface area contributed by atoms with Gasteiger partial charge in [0, 0.05) is 12.3 Å². The Morgan fingerprint density at radius 1 is 1.21 bits per heavy atom. The number of rotatable bonds is 12. The van der Waals surface area contributed by atoms with Crippen LogP contribution < -0.4 is 5.32 Å². The van der Waals surface area contributed by atoms with Crippen LogP contribution in [0.1, 0.15) is 78.6 Å². The first-order valence-electron chi connectivity index (χ1n) is 11.9. The van der Waals surface area contributed by atoms with E-state index in [4.69, 9.17) is 0 Å². The van der Waals surface area contributed by atoms with Gasteiger partial charge >= 0.3 is 0 Å². The second kappa shape index (κ2) is 13.3. The smallest absolute Gasteiger partial charge is 0.0755 e. The number of allylic oxidation sites excluding steroid dienone is 2. The highest BCUT2D eigenvalue weighted by atomic mass is 16.3. The summed E-state index contributed by atoms with van der Waals surface area (Å²) >= 11 is 0. The van der Waals surface area contributed by atoms with Crippen LogP contribution in [0.25, 0.3) is 0 Å². The summed E-state index contributed by atoms with van der Waals surface area (Å²) in [6.07, 6.45) is 15.9. The van der Waals surface area contributed by atoms with E-state index in [1.54, 1.807) is 5.57 Å². The zero-order chi connectivity index (χ0) is 21.1. The highest BCUT2D eigenvalue weighted by Crippen LogP contribution is 2.50. The number of aliphatic hydroxyl groups excluding tert-OH is 2. The molecule has 2 saturated carbocycles. The molecule has 29 heavy (non-hydrogen) atoms. The molecule has 164 valence electrons. The number of fused-ring (bicyclic) bond motifs is 1. The van der Waals surface area contributed by atoms with E-state index in [1.165, 1.54) is 32.1 Å². The zero-order valence-corrected chi connectivity index (χ0v) is 18.9. The molecule has 0 amide bonds. The SMILES string of the molecule is CC#CC[C@@H](C)[C@H](O)C=C[C@@H]1[C@H]2CC(=CCCCCNCCCC)C[C@H]2C[C@H]1O. The van der Waals surface area contributed by atoms with Gasteiger partial charge in [0.15, 0.2) is 0 Å². The van der Waals surface area contributed by atoms with Crippen molar-refractivity contribution in [3.63, 3.8) is 0 Å². The number of unbranched alkanes of at least 4 members (excludes halogenated alkanes) is 3. The van der Waals surface area contributed by atoms with Gasteiger partial charge in [0.25, 0.3) is 0 Å². The van der Waals surface area contributed by atoms with E-state index >= 15 is 0 Å². The molecule has 2 aliphatic carbocycles. The maximum absolute atomic E-state index is 10.5. The maximum Gasteiger partial charge on any atom is 0.0755 e. The van der Waals surface area contributed by atoms with Crippen LogP contribution in [0.5, 0.6) is 0 Å². The van der Waals surface area contributed by atoms with Gasteiger partial charge in [0.2, 0.25) is 0 Å². The van der Waals surface area contributed by atoms with Crippen LogP contribution in [-0.4, -0.2) is 35.5 Å². The summed E-state index contributed by atoms with van der Waals surface area (Å²) in [5.74, 6) is 7.41. The Hall–Kier alpha value is -1.08. The summed E-state index contributed by atoms with van der Waals surface area (Å²) in [4.78, 5) is 0. The molecule has 0 spiro atoms. The third kappa shape index (κ3) is 7.93. The van der Waals surface area contributed by atoms with Crippen molar-refractivity contribution in [2.24, 2.45) is 23.7 Å². The molecular formula is C26H43NO2. The molecule has 0 aliphatic heterocycles. The number of hydrogen-bond donors (Lipinski definition) is 3. The van der Waals surface area contributed by atoms with Gasteiger partial charge in [0.1, 0.15) is 0 Å². The summed E-state index contributed by atoms with van der Waals surface area (Å²) in [6, 6.07) is 0. The van der Waals surface area contributed by atoms with Crippen molar-refractivity contribution < 1.29 is 10.2 Å². The average molecular weight is 402 g/mol. The summed E-state index contributed by atoms with van der Waals surface area (Å²) in [5.41, 5.74) is 1.59. The molecule has 3 heteroatoms. The van der Waals surface area contributed by atoms with Gasteiger partial charge in [-0.2, -0.15) is 0 Å². The number of aliphatic hydroxyl groups is 2. The van der Waals surface area contributed by atoms with Gasteiger partial charge in [-0.15, -0.1) is 11.8 Å². The molecule has 2 aliphatic rings. The fraction of sp³-hybridized carbons (Fsp3) is 0.769. The molecule has 0 aromatic carbocycles. The first kappa shape index (κ1) is 24.2. The molecule has 0 aromatic heterocycles. The predicted octanol–water partition coefficient (Wildman–Crippen LogP) is 4.85. The largest absolute Gasteiger partial charge is 0.392 e. The molecule has 0 unspecified atom stereocenters. The minimum absolute atomic E-state index is 0.128. The van der Waals surface area contributed by atoms with E-state index in [9.17, 15) is 10.2 Å². The standard InChI is InChI=1S/C26H43NO2/c1-4-6-11-20(3)25(28)14-13-23-24-18-21(17-22(24)19-26(23)29)12-9-8-10-16-27-15-7-5-2/h12-14,20,22-29H,5,7-11,15-19H2,1-3H3/t20-,22+,23-,24+,25-,26-/m1/s1. The highest BCUT2D eigenvalue weighted by molar-refractivity contribution is 5.18. The van der Waals surface area contributed by atoms with Crippen LogP contribution in [0.4, 0.5) is 0 Å². The zero-order valence-electron chi connectivity index (χ0n) is 18.9. The van der Waals surface area contributed by atoms with Gasteiger partial charge in [0.05, 0.1) is 12.2 Å². The fourth-order valence-electron chi connectivity index (χ4n) is 4.88. The highest BCUT2D eigenvalue weighted by Gasteiger charge is 2.44. The van der Waals surface area contributed by atoms with Crippen LogP contribution in [0.15, 0.2) is 23.8 Å². The van der Waals surface area contributed by atoms with Gasteiger partial charge in [-0.1, -0.05) is 44.1 Å². The molecule has 6 atom stereocenters. The van der Waals surface area contributed by atoms with Gasteiger partial charge in [-0.3, -0.25) is 0 Å². The second-order valence-corrected chi connectivity index (χ2v) is 9.16. The van der Waals surface area contributed by atoms with Crippen LogP contribution in [0, 0.1) is 35.5 Å². The molecule has 0 radical (unpaired) electrons. The number of hydrogen-bond acceptors (Lipinski definition) is 3. The summed E-state index contributed by atoms with van der Waals surface area (Å²) in [6.45, 7) is 8.38. The van der Waals surface area contributed by atoms with Crippen molar-refractivity contribution in [3.8, 4) is 11.8 Å². The van der Waals surface area contributed by atoms with Crippen molar-refractivity contribution in [1.29, 1.82) is 0 Å². The molecule has 0 aromatic rings. The van der Waals surface area contributed by atoms with E-state index in [0.29, 0.717) is 18.3 Å². The molecule has 2 fully saturated rings. The summed E-state index contributed by atoms with van der Waals surface area (Å²) in [7, 11) is 0. The molecule has 3 N–H and O–H groups in total. The normalized spacial score (nSPS) is 29.8. The van der Waals surface area contributed by atoms with Crippen molar-refractivity contribution in [1.82, 2.24) is 5.32 Å². The van der Waals surface area contributed by atoms with Gasteiger partial charge in [-0.05, 0) is 82.7 Å². The van der Waals surface area contributed by atoms with Crippen LogP contribution in [-0.2, 0) is 0 Å². The fourth-order valence-corrected chi connectivity index (χ4v) is 4.88. The van der Waals surface area contributed by atoms with Crippen molar-refractivity contribution in [2.45, 2.75) is 90.8 Å². The Morgan fingerprint density at radius 3 is 2.76 bits per heavy atom. The van der Waals surface area contributed by atoms with Crippen LogP contribution in [0.3, 0.4) is 0 Å². The first-order valence-corrected chi connectivity index (χ1v) is 11.9. The Labute approximate surface area is 179 Å². The first-order chi connectivity index (χ1) is 14.1. The Kier molecular flexibility index (Phi) is 11.1. The summed E-state index contributed by atoms with van der Waals surface area (Å²) < 4.78 is 0. The third-order valence-electron chi connectivity index (χ3n) is 6.77. The summed E-state index contributed by atoms with van der Waals surface area (Å²) in [5, 5.41) is 24.4. The maximum atomic E-state index is 10.5. The van der Waals surface area contributed by atoms with E-state index in [1.807, 2.05) is 19.9 Å². The van der Waals surface area contributed by atoms with Crippen molar-refractivity contribution >= 4 is 0 Å². The monoisotopic (exact) mass is 401 g/mol. The van der Waals surface area contributed by atoms with E-state index in [0.717, 1.165) is 32.4 Å². The second-order valence-electron chi connectivity index (χ2n) is 9.16. The number of nitrogens with one attached hydrogen (secondary N) is 1. The molecule has 0 saturated heterocycles. The Bertz CT molecular complexity index is 585. The van der Waals surface area contributed by atoms with E-state index in [-0.39, 0.29) is 17.9 Å². The molecular weight excluding hydrogens is 358 g/mol.